The number of rotatable bonds is 4. The van der Waals surface area contributed by atoms with E-state index in [9.17, 15) is 4.79 Å². The number of carbonyl (C=O) groups excluding carboxylic acids is 1. The number of nitrogens with zero attached hydrogens (tertiary/aromatic N) is 3. The van der Waals surface area contributed by atoms with Crippen LogP contribution in [0.15, 0.2) is 27.4 Å². The molecular formula is C16H18N4O3. The summed E-state index contributed by atoms with van der Waals surface area (Å²) in [4.78, 5) is 12.2. The number of anilines is 1. The quantitative estimate of drug-likeness (QED) is 0.800. The van der Waals surface area contributed by atoms with Crippen LogP contribution in [0.2, 0.25) is 0 Å². The van der Waals surface area contributed by atoms with Gasteiger partial charge in [-0.25, -0.2) is 0 Å². The molecule has 0 aromatic carbocycles. The maximum absolute atomic E-state index is 12.2. The highest BCUT2D eigenvalue weighted by Gasteiger charge is 2.15. The van der Waals surface area contributed by atoms with Crippen molar-refractivity contribution < 1.29 is 13.7 Å². The van der Waals surface area contributed by atoms with Gasteiger partial charge in [0.15, 0.2) is 0 Å². The maximum atomic E-state index is 12.2. The van der Waals surface area contributed by atoms with Crippen molar-refractivity contribution in [2.75, 3.05) is 5.32 Å². The predicted octanol–water partition coefficient (Wildman–Crippen LogP) is 3.00. The molecule has 0 spiro atoms. The number of aromatic nitrogens is 3. The van der Waals surface area contributed by atoms with E-state index >= 15 is 0 Å². The minimum Gasteiger partial charge on any atom is -0.466 e. The van der Waals surface area contributed by atoms with Gasteiger partial charge in [-0.05, 0) is 33.8 Å². The van der Waals surface area contributed by atoms with Crippen LogP contribution in [0.4, 0.5) is 5.69 Å². The molecular weight excluding hydrogens is 296 g/mol. The molecule has 3 aromatic heterocycles. The largest absolute Gasteiger partial charge is 0.466 e. The molecule has 23 heavy (non-hydrogen) atoms. The number of aryl methyl sites for hydroxylation is 4. The van der Waals surface area contributed by atoms with Crippen LogP contribution in [0, 0.1) is 27.7 Å². The van der Waals surface area contributed by atoms with Gasteiger partial charge in [0.1, 0.15) is 17.3 Å². The third kappa shape index (κ3) is 3.03. The van der Waals surface area contributed by atoms with Crippen LogP contribution in [0.25, 0.3) is 0 Å². The van der Waals surface area contributed by atoms with E-state index < -0.39 is 0 Å². The van der Waals surface area contributed by atoms with E-state index in [1.165, 1.54) is 0 Å². The molecule has 0 unspecified atom stereocenters. The van der Waals surface area contributed by atoms with E-state index in [1.807, 2.05) is 20.8 Å². The molecule has 1 N–H and O–H groups in total. The normalized spacial score (nSPS) is 11.0. The highest BCUT2D eigenvalue weighted by atomic mass is 16.5. The molecule has 0 saturated carbocycles. The van der Waals surface area contributed by atoms with Gasteiger partial charge in [-0.3, -0.25) is 9.48 Å². The Hall–Kier alpha value is -2.83. The average Bonchev–Trinajstić information content (AvgIpc) is 3.15. The van der Waals surface area contributed by atoms with Gasteiger partial charge in [0, 0.05) is 11.8 Å². The number of hydrogen-bond donors (Lipinski definition) is 1. The van der Waals surface area contributed by atoms with Crippen molar-refractivity contribution in [2.24, 2.45) is 0 Å². The van der Waals surface area contributed by atoms with Crippen LogP contribution in [-0.4, -0.2) is 20.8 Å². The molecule has 3 heterocycles. The van der Waals surface area contributed by atoms with Crippen molar-refractivity contribution in [3.8, 4) is 0 Å². The molecule has 0 aliphatic carbocycles. The van der Waals surface area contributed by atoms with Crippen molar-refractivity contribution in [1.29, 1.82) is 0 Å². The molecule has 0 saturated heterocycles. The van der Waals surface area contributed by atoms with Gasteiger partial charge in [-0.15, -0.1) is 0 Å². The minimum absolute atomic E-state index is 0.212. The molecule has 7 heteroatoms. The summed E-state index contributed by atoms with van der Waals surface area (Å²) in [6.45, 7) is 7.88. The zero-order valence-corrected chi connectivity index (χ0v) is 13.5. The van der Waals surface area contributed by atoms with Crippen LogP contribution in [0.5, 0.6) is 0 Å². The fraction of sp³-hybridized carbons (Fsp3) is 0.312. The maximum Gasteiger partial charge on any atom is 0.259 e. The molecule has 7 nitrogen and oxygen atoms in total. The highest BCUT2D eigenvalue weighted by Crippen LogP contribution is 2.17. The lowest BCUT2D eigenvalue weighted by Gasteiger charge is -2.01. The number of hydrogen-bond acceptors (Lipinski definition) is 5. The second-order valence-electron chi connectivity index (χ2n) is 5.51. The van der Waals surface area contributed by atoms with Gasteiger partial charge in [0.2, 0.25) is 0 Å². The van der Waals surface area contributed by atoms with Gasteiger partial charge >= 0.3 is 0 Å². The van der Waals surface area contributed by atoms with Crippen LogP contribution in [0.3, 0.4) is 0 Å². The summed E-state index contributed by atoms with van der Waals surface area (Å²) in [5.41, 5.74) is 2.99. The Kier molecular flexibility index (Phi) is 3.77. The topological polar surface area (TPSA) is 86.1 Å². The smallest absolute Gasteiger partial charge is 0.259 e. The molecule has 1 amide bonds. The van der Waals surface area contributed by atoms with Gasteiger partial charge < -0.3 is 14.3 Å². The molecule has 0 aliphatic heterocycles. The summed E-state index contributed by atoms with van der Waals surface area (Å²) in [5.74, 6) is 1.87. The van der Waals surface area contributed by atoms with Crippen LogP contribution >= 0.6 is 0 Å². The first-order chi connectivity index (χ1) is 10.9. The Bertz CT molecular complexity index is 837. The van der Waals surface area contributed by atoms with E-state index in [1.54, 1.807) is 30.1 Å². The Balaban J connectivity index is 1.72. The van der Waals surface area contributed by atoms with Gasteiger partial charge in [-0.2, -0.15) is 5.10 Å². The van der Waals surface area contributed by atoms with E-state index in [2.05, 4.69) is 15.6 Å². The number of carbonyl (C=O) groups is 1. The summed E-state index contributed by atoms with van der Waals surface area (Å²) in [5, 5.41) is 11.0. The lowest BCUT2D eigenvalue weighted by atomic mass is 10.2. The molecule has 120 valence electrons. The van der Waals surface area contributed by atoms with Crippen molar-refractivity contribution in [1.82, 2.24) is 14.9 Å². The van der Waals surface area contributed by atoms with Crippen molar-refractivity contribution in [3.63, 3.8) is 0 Å². The van der Waals surface area contributed by atoms with Crippen LogP contribution in [-0.2, 0) is 6.54 Å². The number of amides is 1. The van der Waals surface area contributed by atoms with Gasteiger partial charge in [0.25, 0.3) is 5.91 Å². The van der Waals surface area contributed by atoms with Crippen LogP contribution < -0.4 is 5.32 Å². The first-order valence-electron chi connectivity index (χ1n) is 7.26. The standard InChI is InChI=1S/C16H18N4O3/c1-9-5-14(11(3)22-9)16(21)18-13-6-17-20(7-13)8-15-10(2)19-23-12(15)4/h5-7H,8H2,1-4H3,(H,18,21). The Morgan fingerprint density at radius 2 is 2.04 bits per heavy atom. The average molecular weight is 314 g/mol. The first-order valence-corrected chi connectivity index (χ1v) is 7.26. The third-order valence-electron chi connectivity index (χ3n) is 3.68. The minimum atomic E-state index is -0.212. The molecule has 0 atom stereocenters. The second-order valence-corrected chi connectivity index (χ2v) is 5.51. The molecule has 3 aromatic rings. The summed E-state index contributed by atoms with van der Waals surface area (Å²) in [6.07, 6.45) is 3.38. The Morgan fingerprint density at radius 1 is 1.26 bits per heavy atom. The second kappa shape index (κ2) is 5.75. The zero-order chi connectivity index (χ0) is 16.6. The zero-order valence-electron chi connectivity index (χ0n) is 13.5. The van der Waals surface area contributed by atoms with Gasteiger partial charge in [-0.1, -0.05) is 5.16 Å². The lowest BCUT2D eigenvalue weighted by Crippen LogP contribution is -2.11. The number of furan rings is 1. The molecule has 3 rings (SSSR count). The van der Waals surface area contributed by atoms with Crippen LogP contribution in [0.1, 0.15) is 38.9 Å². The van der Waals surface area contributed by atoms with Crippen molar-refractivity contribution >= 4 is 11.6 Å². The summed E-state index contributed by atoms with van der Waals surface area (Å²) in [6, 6.07) is 1.72. The fourth-order valence-electron chi connectivity index (χ4n) is 2.46. The Labute approximate surface area is 133 Å². The SMILES string of the molecule is Cc1cc(C(=O)Nc2cnn(Cc3c(C)noc3C)c2)c(C)o1. The molecule has 0 aliphatic rings. The first kappa shape index (κ1) is 15.1. The van der Waals surface area contributed by atoms with E-state index in [0.29, 0.717) is 29.3 Å². The Morgan fingerprint density at radius 3 is 2.65 bits per heavy atom. The lowest BCUT2D eigenvalue weighted by molar-refractivity contribution is 0.102. The van der Waals surface area contributed by atoms with Gasteiger partial charge in [0.05, 0.1) is 29.7 Å². The van der Waals surface area contributed by atoms with E-state index in [0.717, 1.165) is 17.0 Å². The third-order valence-corrected chi connectivity index (χ3v) is 3.68. The number of nitrogens with one attached hydrogen (secondary N) is 1. The van der Waals surface area contributed by atoms with E-state index in [-0.39, 0.29) is 5.91 Å². The molecule has 0 fully saturated rings. The summed E-state index contributed by atoms with van der Waals surface area (Å²) >= 11 is 0. The molecule has 0 bridgehead atoms. The predicted molar refractivity (Wildman–Crippen MR) is 83.4 cm³/mol. The molecule has 0 radical (unpaired) electrons. The summed E-state index contributed by atoms with van der Waals surface area (Å²) in [7, 11) is 0. The van der Waals surface area contributed by atoms with Crippen molar-refractivity contribution in [3.05, 3.63) is 52.6 Å². The monoisotopic (exact) mass is 314 g/mol. The highest BCUT2D eigenvalue weighted by molar-refractivity contribution is 6.04. The fourth-order valence-corrected chi connectivity index (χ4v) is 2.46. The van der Waals surface area contributed by atoms with Crippen molar-refractivity contribution in [2.45, 2.75) is 34.2 Å². The summed E-state index contributed by atoms with van der Waals surface area (Å²) < 4.78 is 12.2. The van der Waals surface area contributed by atoms with E-state index in [4.69, 9.17) is 8.94 Å².